The number of carbonyl (C=O) groups excluding carboxylic acids is 2. The zero-order valence-corrected chi connectivity index (χ0v) is 18.5. The normalized spacial score (nSPS) is 15.2. The van der Waals surface area contributed by atoms with Crippen LogP contribution in [-0.2, 0) is 0 Å². The minimum absolute atomic E-state index is 0.205. The summed E-state index contributed by atoms with van der Waals surface area (Å²) in [5.74, 6) is 0.496. The van der Waals surface area contributed by atoms with E-state index in [9.17, 15) is 9.59 Å². The Labute approximate surface area is 190 Å². The Morgan fingerprint density at radius 3 is 2.59 bits per heavy atom. The third-order valence-corrected chi connectivity index (χ3v) is 6.66. The van der Waals surface area contributed by atoms with Gasteiger partial charge in [0.2, 0.25) is 5.88 Å². The Bertz CT molecular complexity index is 1020. The summed E-state index contributed by atoms with van der Waals surface area (Å²) in [4.78, 5) is 38.0. The second-order valence-corrected chi connectivity index (χ2v) is 8.98. The SMILES string of the molecule is CC(Sc1ncc[nH]1)C1CCN(C(=O)Oc2ccc(NC(=O)c3ccccc3)cn2)CC1. The standard InChI is InChI=1S/C23H25N5O3S/c1-16(32-22-24-11-12-25-22)17-9-13-28(14-10-17)23(30)31-20-8-7-19(15-26-20)27-21(29)18-5-3-2-4-6-18/h2-8,11-12,15-17H,9-10,13-14H2,1H3,(H,24,25)(H,27,29). The summed E-state index contributed by atoms with van der Waals surface area (Å²) in [6.07, 6.45) is 6.49. The summed E-state index contributed by atoms with van der Waals surface area (Å²) < 4.78 is 5.42. The van der Waals surface area contributed by atoms with E-state index in [0.717, 1.165) is 18.0 Å². The van der Waals surface area contributed by atoms with E-state index in [0.29, 0.717) is 35.5 Å². The molecule has 0 aliphatic carbocycles. The number of imidazole rings is 1. The monoisotopic (exact) mass is 451 g/mol. The highest BCUT2D eigenvalue weighted by Crippen LogP contribution is 2.31. The lowest BCUT2D eigenvalue weighted by Gasteiger charge is -2.33. The second kappa shape index (κ2) is 10.3. The zero-order chi connectivity index (χ0) is 22.3. The smallest absolute Gasteiger partial charge is 0.391 e. The molecular weight excluding hydrogens is 426 g/mol. The number of hydrogen-bond acceptors (Lipinski definition) is 6. The number of aromatic nitrogens is 3. The number of thioether (sulfide) groups is 1. The number of rotatable bonds is 6. The van der Waals surface area contributed by atoms with Gasteiger partial charge in [-0.15, -0.1) is 0 Å². The van der Waals surface area contributed by atoms with E-state index in [1.165, 1.54) is 6.20 Å². The van der Waals surface area contributed by atoms with Crippen LogP contribution in [0.5, 0.6) is 5.88 Å². The molecule has 1 atom stereocenters. The van der Waals surface area contributed by atoms with Gasteiger partial charge in [0.15, 0.2) is 5.16 Å². The predicted molar refractivity (Wildman–Crippen MR) is 123 cm³/mol. The number of H-pyrrole nitrogens is 1. The van der Waals surface area contributed by atoms with Gasteiger partial charge in [0, 0.05) is 42.4 Å². The second-order valence-electron chi connectivity index (χ2n) is 7.62. The van der Waals surface area contributed by atoms with E-state index < -0.39 is 6.09 Å². The molecule has 3 heterocycles. The molecule has 1 aromatic carbocycles. The van der Waals surface area contributed by atoms with E-state index in [1.54, 1.807) is 59.3 Å². The van der Waals surface area contributed by atoms with Crippen molar-refractivity contribution < 1.29 is 14.3 Å². The van der Waals surface area contributed by atoms with E-state index in [4.69, 9.17) is 4.74 Å². The summed E-state index contributed by atoms with van der Waals surface area (Å²) in [5, 5.41) is 4.11. The summed E-state index contributed by atoms with van der Waals surface area (Å²) in [6, 6.07) is 12.2. The summed E-state index contributed by atoms with van der Waals surface area (Å²) >= 11 is 1.73. The topological polar surface area (TPSA) is 100 Å². The maximum atomic E-state index is 12.5. The first kappa shape index (κ1) is 21.9. The number of amides is 2. The number of likely N-dealkylation sites (tertiary alicyclic amines) is 1. The van der Waals surface area contributed by atoms with Gasteiger partial charge in [-0.05, 0) is 37.0 Å². The van der Waals surface area contributed by atoms with Crippen LogP contribution < -0.4 is 10.1 Å². The molecule has 2 N–H and O–H groups in total. The Morgan fingerprint density at radius 2 is 1.94 bits per heavy atom. The van der Waals surface area contributed by atoms with Crippen LogP contribution in [0, 0.1) is 5.92 Å². The van der Waals surface area contributed by atoms with E-state index in [-0.39, 0.29) is 11.8 Å². The number of nitrogens with zero attached hydrogens (tertiary/aromatic N) is 3. The molecule has 8 nitrogen and oxygen atoms in total. The van der Waals surface area contributed by atoms with Crippen LogP contribution >= 0.6 is 11.8 Å². The van der Waals surface area contributed by atoms with Crippen molar-refractivity contribution >= 4 is 29.4 Å². The van der Waals surface area contributed by atoms with Gasteiger partial charge in [0.1, 0.15) is 0 Å². The Balaban J connectivity index is 1.24. The molecule has 0 radical (unpaired) electrons. The van der Waals surface area contributed by atoms with Gasteiger partial charge in [0.05, 0.1) is 11.9 Å². The lowest BCUT2D eigenvalue weighted by atomic mass is 9.94. The van der Waals surface area contributed by atoms with Crippen LogP contribution in [-0.4, -0.2) is 50.2 Å². The molecule has 4 rings (SSSR count). The molecule has 1 unspecified atom stereocenters. The molecule has 3 aromatic rings. The number of pyridine rings is 1. The van der Waals surface area contributed by atoms with Gasteiger partial charge in [-0.2, -0.15) is 0 Å². The molecule has 1 saturated heterocycles. The number of benzene rings is 1. The summed E-state index contributed by atoms with van der Waals surface area (Å²) in [7, 11) is 0. The Morgan fingerprint density at radius 1 is 1.16 bits per heavy atom. The number of piperidine rings is 1. The Hall–Kier alpha value is -3.33. The molecule has 2 aromatic heterocycles. The van der Waals surface area contributed by atoms with Crippen LogP contribution in [0.25, 0.3) is 0 Å². The largest absolute Gasteiger partial charge is 0.416 e. The van der Waals surface area contributed by atoms with Crippen LogP contribution in [0.3, 0.4) is 0 Å². The fraction of sp³-hybridized carbons (Fsp3) is 0.304. The highest BCUT2D eigenvalue weighted by molar-refractivity contribution is 7.99. The molecule has 0 bridgehead atoms. The van der Waals surface area contributed by atoms with E-state index in [2.05, 4.69) is 27.2 Å². The van der Waals surface area contributed by atoms with Gasteiger partial charge in [-0.25, -0.2) is 14.8 Å². The van der Waals surface area contributed by atoms with Crippen LogP contribution in [0.2, 0.25) is 0 Å². The lowest BCUT2D eigenvalue weighted by Crippen LogP contribution is -2.41. The fourth-order valence-corrected chi connectivity index (χ4v) is 4.67. The molecule has 1 aliphatic rings. The molecular formula is C23H25N5O3S. The third-order valence-electron chi connectivity index (χ3n) is 5.45. The molecule has 166 valence electrons. The number of anilines is 1. The van der Waals surface area contributed by atoms with Crippen molar-refractivity contribution in [3.05, 3.63) is 66.6 Å². The Kier molecular flexibility index (Phi) is 7.06. The van der Waals surface area contributed by atoms with Gasteiger partial charge < -0.3 is 19.9 Å². The highest BCUT2D eigenvalue weighted by atomic mass is 32.2. The van der Waals surface area contributed by atoms with Crippen molar-refractivity contribution in [2.45, 2.75) is 30.2 Å². The van der Waals surface area contributed by atoms with Crippen molar-refractivity contribution in [3.8, 4) is 5.88 Å². The number of ether oxygens (including phenoxy) is 1. The van der Waals surface area contributed by atoms with Gasteiger partial charge in [0.25, 0.3) is 5.91 Å². The number of aromatic amines is 1. The summed E-state index contributed by atoms with van der Waals surface area (Å²) in [5.41, 5.74) is 1.09. The molecule has 1 fully saturated rings. The average molecular weight is 452 g/mol. The van der Waals surface area contributed by atoms with Crippen LogP contribution in [0.1, 0.15) is 30.1 Å². The number of carbonyl (C=O) groups is 2. The van der Waals surface area contributed by atoms with Crippen molar-refractivity contribution in [1.82, 2.24) is 19.9 Å². The first-order valence-corrected chi connectivity index (χ1v) is 11.4. The van der Waals surface area contributed by atoms with Crippen LogP contribution in [0.15, 0.2) is 66.2 Å². The molecule has 2 amide bonds. The van der Waals surface area contributed by atoms with Crippen molar-refractivity contribution in [1.29, 1.82) is 0 Å². The maximum Gasteiger partial charge on any atom is 0.416 e. The first-order valence-electron chi connectivity index (χ1n) is 10.5. The highest BCUT2D eigenvalue weighted by Gasteiger charge is 2.28. The first-order chi connectivity index (χ1) is 15.6. The third kappa shape index (κ3) is 5.67. The maximum absolute atomic E-state index is 12.5. The molecule has 1 aliphatic heterocycles. The fourth-order valence-electron chi connectivity index (χ4n) is 3.60. The minimum atomic E-state index is -0.400. The average Bonchev–Trinajstić information content (AvgIpc) is 3.34. The molecule has 0 saturated carbocycles. The van der Waals surface area contributed by atoms with E-state index >= 15 is 0 Å². The van der Waals surface area contributed by atoms with Crippen LogP contribution in [0.4, 0.5) is 10.5 Å². The number of nitrogens with one attached hydrogen (secondary N) is 2. The molecule has 0 spiro atoms. The van der Waals surface area contributed by atoms with Crippen molar-refractivity contribution in [2.24, 2.45) is 5.92 Å². The zero-order valence-electron chi connectivity index (χ0n) is 17.7. The van der Waals surface area contributed by atoms with Gasteiger partial charge in [-0.3, -0.25) is 4.79 Å². The quantitative estimate of drug-likeness (QED) is 0.537. The minimum Gasteiger partial charge on any atom is -0.391 e. The van der Waals surface area contributed by atoms with Crippen molar-refractivity contribution in [3.63, 3.8) is 0 Å². The number of hydrogen-bond donors (Lipinski definition) is 2. The molecule has 9 heteroatoms. The lowest BCUT2D eigenvalue weighted by molar-refractivity contribution is 0.102. The summed E-state index contributed by atoms with van der Waals surface area (Å²) in [6.45, 7) is 3.50. The van der Waals surface area contributed by atoms with Crippen molar-refractivity contribution in [2.75, 3.05) is 18.4 Å². The van der Waals surface area contributed by atoms with E-state index in [1.807, 2.05) is 12.3 Å². The van der Waals surface area contributed by atoms with Gasteiger partial charge in [-0.1, -0.05) is 36.9 Å². The molecule has 32 heavy (non-hydrogen) atoms. The predicted octanol–water partition coefficient (Wildman–Crippen LogP) is 4.45. The van der Waals surface area contributed by atoms with Gasteiger partial charge >= 0.3 is 6.09 Å².